The second-order valence-corrected chi connectivity index (χ2v) is 3.82. The molecule has 0 saturated heterocycles. The Bertz CT molecular complexity index is 285. The summed E-state index contributed by atoms with van der Waals surface area (Å²) < 4.78 is 10.3. The van der Waals surface area contributed by atoms with Crippen LogP contribution in [0.4, 0.5) is 0 Å². The van der Waals surface area contributed by atoms with Gasteiger partial charge in [-0.1, -0.05) is 0 Å². The van der Waals surface area contributed by atoms with Gasteiger partial charge in [0.05, 0.1) is 19.3 Å². The van der Waals surface area contributed by atoms with Gasteiger partial charge in [-0.25, -0.2) is 0 Å². The van der Waals surface area contributed by atoms with Gasteiger partial charge in [-0.3, -0.25) is 4.90 Å². The molecule has 0 spiro atoms. The summed E-state index contributed by atoms with van der Waals surface area (Å²) in [5.74, 6) is 1.83. The largest absolute Gasteiger partial charge is 0.465 e. The topological polar surface area (TPSA) is 45.8 Å². The molecule has 1 heterocycles. The smallest absolute Gasteiger partial charge is 0.118 e. The summed E-state index contributed by atoms with van der Waals surface area (Å²) in [6.45, 7) is 3.56. The van der Waals surface area contributed by atoms with E-state index in [2.05, 4.69) is 0 Å². The SMILES string of the molecule is COCC(O)CN(C)Cc1ccc(C)o1. The first-order valence-electron chi connectivity index (χ1n) is 5.02. The maximum atomic E-state index is 9.51. The van der Waals surface area contributed by atoms with Crippen LogP contribution in [-0.4, -0.2) is 43.4 Å². The predicted molar refractivity (Wildman–Crippen MR) is 57.7 cm³/mol. The highest BCUT2D eigenvalue weighted by Gasteiger charge is 2.09. The van der Waals surface area contributed by atoms with Crippen LogP contribution in [0.1, 0.15) is 11.5 Å². The second-order valence-electron chi connectivity index (χ2n) is 3.82. The van der Waals surface area contributed by atoms with Gasteiger partial charge >= 0.3 is 0 Å². The Morgan fingerprint density at radius 1 is 1.53 bits per heavy atom. The monoisotopic (exact) mass is 213 g/mol. The lowest BCUT2D eigenvalue weighted by Crippen LogP contribution is -2.31. The molecule has 0 fully saturated rings. The van der Waals surface area contributed by atoms with Crippen molar-refractivity contribution >= 4 is 0 Å². The van der Waals surface area contributed by atoms with Crippen molar-refractivity contribution < 1.29 is 14.3 Å². The molecular weight excluding hydrogens is 194 g/mol. The predicted octanol–water partition coefficient (Wildman–Crippen LogP) is 1.03. The summed E-state index contributed by atoms with van der Waals surface area (Å²) in [6.07, 6.45) is -0.448. The van der Waals surface area contributed by atoms with Crippen LogP contribution in [-0.2, 0) is 11.3 Å². The number of methoxy groups -OCH3 is 1. The summed E-state index contributed by atoms with van der Waals surface area (Å²) in [7, 11) is 3.52. The molecule has 1 aromatic heterocycles. The van der Waals surface area contributed by atoms with Gasteiger partial charge in [-0.05, 0) is 26.1 Å². The fourth-order valence-electron chi connectivity index (χ4n) is 1.51. The number of furan rings is 1. The molecule has 86 valence electrons. The molecule has 1 atom stereocenters. The maximum absolute atomic E-state index is 9.51. The van der Waals surface area contributed by atoms with E-state index in [1.165, 1.54) is 0 Å². The molecule has 0 aliphatic carbocycles. The minimum Gasteiger partial charge on any atom is -0.465 e. The van der Waals surface area contributed by atoms with Gasteiger partial charge in [0.2, 0.25) is 0 Å². The highest BCUT2D eigenvalue weighted by molar-refractivity contribution is 5.05. The van der Waals surface area contributed by atoms with Crippen LogP contribution in [0, 0.1) is 6.92 Å². The standard InChI is InChI=1S/C11H19NO3/c1-9-4-5-11(15-9)7-12(2)6-10(13)8-14-3/h4-5,10,13H,6-8H2,1-3H3. The van der Waals surface area contributed by atoms with E-state index in [1.807, 2.05) is 31.0 Å². The summed E-state index contributed by atoms with van der Waals surface area (Å²) in [4.78, 5) is 2.00. The number of hydrogen-bond donors (Lipinski definition) is 1. The first-order valence-corrected chi connectivity index (χ1v) is 5.02. The third-order valence-electron chi connectivity index (χ3n) is 2.10. The van der Waals surface area contributed by atoms with Crippen LogP contribution in [0.15, 0.2) is 16.5 Å². The van der Waals surface area contributed by atoms with E-state index in [0.717, 1.165) is 11.5 Å². The molecule has 1 N–H and O–H groups in total. The minimum atomic E-state index is -0.448. The number of aliphatic hydroxyl groups is 1. The van der Waals surface area contributed by atoms with Crippen LogP contribution in [0.2, 0.25) is 0 Å². The number of nitrogens with zero attached hydrogens (tertiary/aromatic N) is 1. The third-order valence-corrected chi connectivity index (χ3v) is 2.10. The van der Waals surface area contributed by atoms with Crippen LogP contribution < -0.4 is 0 Å². The molecule has 15 heavy (non-hydrogen) atoms. The van der Waals surface area contributed by atoms with Gasteiger partial charge in [-0.2, -0.15) is 0 Å². The van der Waals surface area contributed by atoms with E-state index in [0.29, 0.717) is 19.7 Å². The Morgan fingerprint density at radius 2 is 2.27 bits per heavy atom. The van der Waals surface area contributed by atoms with Crippen LogP contribution >= 0.6 is 0 Å². The zero-order valence-corrected chi connectivity index (χ0v) is 9.56. The van der Waals surface area contributed by atoms with E-state index in [4.69, 9.17) is 9.15 Å². The van der Waals surface area contributed by atoms with Crippen molar-refractivity contribution in [1.29, 1.82) is 0 Å². The van der Waals surface area contributed by atoms with Crippen LogP contribution in [0.3, 0.4) is 0 Å². The van der Waals surface area contributed by atoms with E-state index in [-0.39, 0.29) is 0 Å². The number of aliphatic hydroxyl groups excluding tert-OH is 1. The summed E-state index contributed by atoms with van der Waals surface area (Å²) in [6, 6.07) is 3.89. The first kappa shape index (κ1) is 12.2. The zero-order valence-electron chi connectivity index (χ0n) is 9.56. The summed E-state index contributed by atoms with van der Waals surface area (Å²) in [5.41, 5.74) is 0. The normalized spacial score (nSPS) is 13.4. The Kier molecular flexibility index (Phi) is 4.81. The molecule has 0 aliphatic heterocycles. The fraction of sp³-hybridized carbons (Fsp3) is 0.636. The maximum Gasteiger partial charge on any atom is 0.118 e. The van der Waals surface area contributed by atoms with E-state index >= 15 is 0 Å². The van der Waals surface area contributed by atoms with Crippen molar-refractivity contribution in [2.75, 3.05) is 27.3 Å². The molecule has 0 radical (unpaired) electrons. The lowest BCUT2D eigenvalue weighted by molar-refractivity contribution is 0.0407. The molecule has 1 unspecified atom stereocenters. The molecule has 0 bridgehead atoms. The average Bonchev–Trinajstić information content (AvgIpc) is 2.51. The van der Waals surface area contributed by atoms with Crippen molar-refractivity contribution in [2.45, 2.75) is 19.6 Å². The van der Waals surface area contributed by atoms with E-state index in [1.54, 1.807) is 7.11 Å². The number of rotatable bonds is 6. The third kappa shape index (κ3) is 4.46. The molecule has 1 rings (SSSR count). The number of ether oxygens (including phenoxy) is 1. The zero-order chi connectivity index (χ0) is 11.3. The van der Waals surface area contributed by atoms with Crippen molar-refractivity contribution in [3.8, 4) is 0 Å². The van der Waals surface area contributed by atoms with Crippen molar-refractivity contribution in [1.82, 2.24) is 4.90 Å². The molecule has 0 amide bonds. The van der Waals surface area contributed by atoms with Gasteiger partial charge in [0.1, 0.15) is 11.5 Å². The van der Waals surface area contributed by atoms with Gasteiger partial charge in [0.15, 0.2) is 0 Å². The Balaban J connectivity index is 2.32. The van der Waals surface area contributed by atoms with Gasteiger partial charge < -0.3 is 14.3 Å². The first-order chi connectivity index (χ1) is 7.11. The Morgan fingerprint density at radius 3 is 2.80 bits per heavy atom. The van der Waals surface area contributed by atoms with Crippen LogP contribution in [0.5, 0.6) is 0 Å². The molecule has 0 saturated carbocycles. The molecule has 1 aromatic rings. The van der Waals surface area contributed by atoms with E-state index < -0.39 is 6.10 Å². The summed E-state index contributed by atoms with van der Waals surface area (Å²) in [5, 5.41) is 9.51. The lowest BCUT2D eigenvalue weighted by atomic mass is 10.3. The quantitative estimate of drug-likeness (QED) is 0.766. The molecule has 4 nitrogen and oxygen atoms in total. The highest BCUT2D eigenvalue weighted by Crippen LogP contribution is 2.08. The minimum absolute atomic E-state index is 0.363. The van der Waals surface area contributed by atoms with Crippen molar-refractivity contribution in [2.24, 2.45) is 0 Å². The number of aryl methyl sites for hydroxylation is 1. The van der Waals surface area contributed by atoms with Gasteiger partial charge in [-0.15, -0.1) is 0 Å². The van der Waals surface area contributed by atoms with Gasteiger partial charge in [0, 0.05) is 13.7 Å². The van der Waals surface area contributed by atoms with Crippen molar-refractivity contribution in [3.05, 3.63) is 23.7 Å². The molecule has 4 heteroatoms. The molecule has 0 aliphatic rings. The van der Waals surface area contributed by atoms with Gasteiger partial charge in [0.25, 0.3) is 0 Å². The highest BCUT2D eigenvalue weighted by atomic mass is 16.5. The Hall–Kier alpha value is -0.840. The second kappa shape index (κ2) is 5.90. The Labute approximate surface area is 90.4 Å². The van der Waals surface area contributed by atoms with Crippen LogP contribution in [0.25, 0.3) is 0 Å². The van der Waals surface area contributed by atoms with E-state index in [9.17, 15) is 5.11 Å². The molecular formula is C11H19NO3. The number of hydrogen-bond acceptors (Lipinski definition) is 4. The number of likely N-dealkylation sites (N-methyl/N-ethyl adjacent to an activating group) is 1. The fourth-order valence-corrected chi connectivity index (χ4v) is 1.51. The average molecular weight is 213 g/mol. The summed E-state index contributed by atoms with van der Waals surface area (Å²) >= 11 is 0. The molecule has 0 aromatic carbocycles. The lowest BCUT2D eigenvalue weighted by Gasteiger charge is -2.18. The van der Waals surface area contributed by atoms with Crippen molar-refractivity contribution in [3.63, 3.8) is 0 Å².